The first kappa shape index (κ1) is 23.1. The van der Waals surface area contributed by atoms with Gasteiger partial charge in [-0.15, -0.1) is 0 Å². The predicted octanol–water partition coefficient (Wildman–Crippen LogP) is 5.09. The second-order valence-electron chi connectivity index (χ2n) is 7.78. The Morgan fingerprint density at radius 3 is 2.47 bits per heavy atom. The number of alkyl halides is 3. The van der Waals surface area contributed by atoms with Crippen LogP contribution in [0.15, 0.2) is 45.8 Å². The number of sulfonamides is 1. The molecule has 0 spiro atoms. The molecule has 6 nitrogen and oxygen atoms in total. The normalized spacial score (nSPS) is 18.4. The summed E-state index contributed by atoms with van der Waals surface area (Å²) in [5, 5.41) is 0. The van der Waals surface area contributed by atoms with Gasteiger partial charge in [0.05, 0.1) is 16.1 Å². The molecule has 2 aromatic carbocycles. The summed E-state index contributed by atoms with van der Waals surface area (Å²) >= 11 is 2.83. The lowest BCUT2D eigenvalue weighted by molar-refractivity contribution is -0.138. The van der Waals surface area contributed by atoms with E-state index in [1.807, 2.05) is 25.1 Å². The highest BCUT2D eigenvalue weighted by atomic mass is 79.9. The van der Waals surface area contributed by atoms with Gasteiger partial charge in [0.1, 0.15) is 6.61 Å². The smallest absolute Gasteiger partial charge is 0.417 e. The zero-order chi connectivity index (χ0) is 23.3. The molecule has 172 valence electrons. The van der Waals surface area contributed by atoms with E-state index in [0.717, 1.165) is 28.9 Å². The van der Waals surface area contributed by atoms with E-state index in [1.165, 1.54) is 4.31 Å². The molecular weight excluding hydrogens is 513 g/mol. The van der Waals surface area contributed by atoms with Crippen LogP contribution in [0.1, 0.15) is 29.5 Å². The molecular formula is C21H20BrF3N2O4S. The highest BCUT2D eigenvalue weighted by Crippen LogP contribution is 2.38. The van der Waals surface area contributed by atoms with Crippen molar-refractivity contribution in [2.24, 2.45) is 0 Å². The number of aryl methyl sites for hydroxylation is 1. The van der Waals surface area contributed by atoms with Gasteiger partial charge in [0, 0.05) is 29.2 Å². The van der Waals surface area contributed by atoms with Gasteiger partial charge in [0.2, 0.25) is 10.0 Å². The summed E-state index contributed by atoms with van der Waals surface area (Å²) in [6, 6.07) is 8.28. The maximum Gasteiger partial charge on any atom is 0.417 e. The predicted molar refractivity (Wildman–Crippen MR) is 115 cm³/mol. The van der Waals surface area contributed by atoms with Crippen molar-refractivity contribution in [3.63, 3.8) is 0 Å². The Balaban J connectivity index is 1.55. The second kappa shape index (κ2) is 8.35. The molecule has 0 atom stereocenters. The average Bonchev–Trinajstić information content (AvgIpc) is 2.74. The summed E-state index contributed by atoms with van der Waals surface area (Å²) < 4.78 is 71.9. The maximum atomic E-state index is 13.2. The minimum atomic E-state index is -4.68. The summed E-state index contributed by atoms with van der Waals surface area (Å²) in [7, 11) is -4.12. The summed E-state index contributed by atoms with van der Waals surface area (Å²) in [4.78, 5) is 13.7. The van der Waals surface area contributed by atoms with Crippen LogP contribution in [0, 0.1) is 6.92 Å². The Hall–Kier alpha value is -2.11. The first-order valence-electron chi connectivity index (χ1n) is 9.91. The lowest BCUT2D eigenvalue weighted by atomic mass is 10.00. The van der Waals surface area contributed by atoms with Crippen molar-refractivity contribution in [2.75, 3.05) is 18.0 Å². The molecule has 0 bridgehead atoms. The van der Waals surface area contributed by atoms with Crippen LogP contribution in [0.4, 0.5) is 23.7 Å². The fourth-order valence-corrected chi connectivity index (χ4v) is 6.15. The van der Waals surface area contributed by atoms with Crippen LogP contribution in [0.3, 0.4) is 0 Å². The van der Waals surface area contributed by atoms with E-state index in [-0.39, 0.29) is 30.2 Å². The van der Waals surface area contributed by atoms with Crippen molar-refractivity contribution in [1.29, 1.82) is 0 Å². The quantitative estimate of drug-likeness (QED) is 0.552. The number of carbonyl (C=O) groups excluding carboxylic acids is 1. The van der Waals surface area contributed by atoms with Gasteiger partial charge in [-0.1, -0.05) is 34.1 Å². The molecule has 0 saturated carbocycles. The van der Waals surface area contributed by atoms with Gasteiger partial charge in [-0.25, -0.2) is 13.2 Å². The molecule has 0 radical (unpaired) electrons. The molecule has 4 rings (SSSR count). The van der Waals surface area contributed by atoms with Crippen LogP contribution in [-0.2, 0) is 27.5 Å². The van der Waals surface area contributed by atoms with Gasteiger partial charge in [0.25, 0.3) is 0 Å². The molecule has 1 amide bonds. The number of cyclic esters (lactones) is 1. The topological polar surface area (TPSA) is 66.9 Å². The minimum Gasteiger partial charge on any atom is -0.444 e. The number of fused-ring (bicyclic) bond motifs is 1. The van der Waals surface area contributed by atoms with Crippen molar-refractivity contribution >= 4 is 37.7 Å². The number of amides is 1. The Morgan fingerprint density at radius 1 is 1.12 bits per heavy atom. The van der Waals surface area contributed by atoms with E-state index in [2.05, 4.69) is 15.9 Å². The molecule has 1 fully saturated rings. The Labute approximate surface area is 192 Å². The van der Waals surface area contributed by atoms with Crippen molar-refractivity contribution < 1.29 is 31.1 Å². The average molecular weight is 533 g/mol. The van der Waals surface area contributed by atoms with Gasteiger partial charge < -0.3 is 4.74 Å². The fraction of sp³-hybridized carbons (Fsp3) is 0.381. The number of piperidine rings is 1. The van der Waals surface area contributed by atoms with Crippen LogP contribution >= 0.6 is 15.9 Å². The molecule has 2 heterocycles. The van der Waals surface area contributed by atoms with E-state index in [1.54, 1.807) is 4.90 Å². The number of hydrogen-bond donors (Lipinski definition) is 0. The van der Waals surface area contributed by atoms with Crippen LogP contribution in [0.5, 0.6) is 0 Å². The van der Waals surface area contributed by atoms with Gasteiger partial charge in [-0.3, -0.25) is 4.90 Å². The molecule has 2 aliphatic rings. The third-order valence-corrected chi connectivity index (χ3v) is 8.37. The minimum absolute atomic E-state index is 0.0788. The Bertz CT molecular complexity index is 1160. The number of halogens is 4. The Morgan fingerprint density at radius 2 is 1.81 bits per heavy atom. The number of para-hydroxylation sites is 1. The van der Waals surface area contributed by atoms with Gasteiger partial charge in [-0.05, 0) is 43.5 Å². The van der Waals surface area contributed by atoms with Crippen LogP contribution in [0.2, 0.25) is 0 Å². The standard InChI is InChI=1S/C21H20BrF3N2O4S/c1-13-3-2-4-14-12-31-20(28)27(19(13)14)15-7-9-26(10-8-15)32(29,30)16-5-6-18(22)17(11-16)21(23,24)25/h2-6,11,15H,7-10,12H2,1H3. The molecule has 2 aliphatic heterocycles. The van der Waals surface area contributed by atoms with E-state index in [9.17, 15) is 26.4 Å². The van der Waals surface area contributed by atoms with Gasteiger partial charge in [-0.2, -0.15) is 17.5 Å². The lowest BCUT2D eigenvalue weighted by Gasteiger charge is -2.40. The van der Waals surface area contributed by atoms with Crippen LogP contribution in [0.25, 0.3) is 0 Å². The van der Waals surface area contributed by atoms with E-state index in [0.29, 0.717) is 18.9 Å². The number of nitrogens with zero attached hydrogens (tertiary/aromatic N) is 2. The molecule has 0 aromatic heterocycles. The van der Waals surface area contributed by atoms with E-state index < -0.39 is 32.8 Å². The molecule has 0 N–H and O–H groups in total. The number of carbonyl (C=O) groups is 1. The molecule has 2 aromatic rings. The molecule has 32 heavy (non-hydrogen) atoms. The molecule has 0 unspecified atom stereocenters. The number of rotatable bonds is 3. The third-order valence-electron chi connectivity index (χ3n) is 5.78. The number of ether oxygens (including phenoxy) is 1. The second-order valence-corrected chi connectivity index (χ2v) is 10.6. The summed E-state index contributed by atoms with van der Waals surface area (Å²) in [6.45, 7) is 2.24. The summed E-state index contributed by atoms with van der Waals surface area (Å²) in [6.07, 6.45) is -4.48. The first-order chi connectivity index (χ1) is 15.0. The molecule has 11 heteroatoms. The number of anilines is 1. The monoisotopic (exact) mass is 532 g/mol. The van der Waals surface area contributed by atoms with E-state index >= 15 is 0 Å². The summed E-state index contributed by atoms with van der Waals surface area (Å²) in [5.41, 5.74) is 1.54. The van der Waals surface area contributed by atoms with Crippen molar-refractivity contribution in [3.8, 4) is 0 Å². The van der Waals surface area contributed by atoms with Gasteiger partial charge in [0.15, 0.2) is 0 Å². The third kappa shape index (κ3) is 4.13. The maximum absolute atomic E-state index is 13.2. The zero-order valence-corrected chi connectivity index (χ0v) is 19.4. The Kier molecular flexibility index (Phi) is 6.01. The fourth-order valence-electron chi connectivity index (χ4n) is 4.18. The largest absolute Gasteiger partial charge is 0.444 e. The van der Waals surface area contributed by atoms with Crippen LogP contribution < -0.4 is 4.90 Å². The first-order valence-corrected chi connectivity index (χ1v) is 12.1. The van der Waals surface area contributed by atoms with Crippen molar-refractivity contribution in [1.82, 2.24) is 4.31 Å². The summed E-state index contributed by atoms with van der Waals surface area (Å²) in [5.74, 6) is 0. The number of hydrogen-bond acceptors (Lipinski definition) is 4. The highest BCUT2D eigenvalue weighted by molar-refractivity contribution is 9.10. The van der Waals surface area contributed by atoms with Gasteiger partial charge >= 0.3 is 12.3 Å². The molecule has 0 aliphatic carbocycles. The van der Waals surface area contributed by atoms with E-state index in [4.69, 9.17) is 4.74 Å². The number of benzene rings is 2. The lowest BCUT2D eigenvalue weighted by Crippen LogP contribution is -2.50. The highest BCUT2D eigenvalue weighted by Gasteiger charge is 2.39. The SMILES string of the molecule is Cc1cccc2c1N(C1CCN(S(=O)(=O)c3ccc(Br)c(C(F)(F)F)c3)CC1)C(=O)OC2. The van der Waals surface area contributed by atoms with Crippen LogP contribution in [-0.4, -0.2) is 37.9 Å². The van der Waals surface area contributed by atoms with Crippen molar-refractivity contribution in [3.05, 3.63) is 57.6 Å². The van der Waals surface area contributed by atoms with Crippen molar-refractivity contribution in [2.45, 2.75) is 43.5 Å². The zero-order valence-electron chi connectivity index (χ0n) is 17.0. The molecule has 1 saturated heterocycles.